The number of hydrogen-bond acceptors (Lipinski definition) is 4. The van der Waals surface area contributed by atoms with E-state index in [1.807, 2.05) is 20.8 Å². The minimum atomic E-state index is 0.168. The Morgan fingerprint density at radius 1 is 0.733 bits per heavy atom. The summed E-state index contributed by atoms with van der Waals surface area (Å²) in [5.74, 6) is 0.699. The molecule has 0 saturated heterocycles. The van der Waals surface area contributed by atoms with E-state index in [1.54, 1.807) is 0 Å². The van der Waals surface area contributed by atoms with Crippen LogP contribution in [-0.4, -0.2) is 46.9 Å². The molecule has 0 radical (unpaired) electrons. The minimum Gasteiger partial charge on any atom is -0.396 e. The van der Waals surface area contributed by atoms with Gasteiger partial charge in [0.1, 0.15) is 0 Å². The molecular formula is C11H26O4. The Morgan fingerprint density at radius 2 is 1.13 bits per heavy atom. The monoisotopic (exact) mass is 222 g/mol. The zero-order valence-corrected chi connectivity index (χ0v) is 10.1. The van der Waals surface area contributed by atoms with Crippen LogP contribution in [0.15, 0.2) is 0 Å². The van der Waals surface area contributed by atoms with Gasteiger partial charge >= 0.3 is 0 Å². The Kier molecular flexibility index (Phi) is 13.7. The molecule has 3 atom stereocenters. The maximum Gasteiger partial charge on any atom is 0.0460 e. The molecule has 0 bridgehead atoms. The molecule has 4 heteroatoms. The average molecular weight is 222 g/mol. The summed E-state index contributed by atoms with van der Waals surface area (Å²) < 4.78 is 0. The minimum absolute atomic E-state index is 0.168. The zero-order valence-electron chi connectivity index (χ0n) is 10.1. The van der Waals surface area contributed by atoms with E-state index in [9.17, 15) is 0 Å². The zero-order chi connectivity index (χ0) is 12.3. The third-order valence-corrected chi connectivity index (χ3v) is 2.48. The first kappa shape index (κ1) is 17.2. The van der Waals surface area contributed by atoms with Gasteiger partial charge in [-0.05, 0) is 24.2 Å². The third-order valence-electron chi connectivity index (χ3n) is 2.48. The van der Waals surface area contributed by atoms with Crippen LogP contribution in [0.3, 0.4) is 0 Å². The van der Waals surface area contributed by atoms with E-state index in [4.69, 9.17) is 20.4 Å². The normalized spacial score (nSPS) is 16.2. The number of aliphatic hydroxyl groups excluding tert-OH is 4. The summed E-state index contributed by atoms with van der Waals surface area (Å²) in [6, 6.07) is 0. The fourth-order valence-electron chi connectivity index (χ4n) is 0.672. The molecule has 0 heterocycles. The standard InChI is InChI=1S/C6H14O2.C5H12O2/c1-5(3-7)6(2)4-8;1-5(4-7)2-3-6/h5-8H,3-4H2,1-2H3;5-7H,2-4H2,1H3. The fraction of sp³-hybridized carbons (Fsp3) is 1.00. The maximum absolute atomic E-state index is 8.53. The highest BCUT2D eigenvalue weighted by Gasteiger charge is 2.07. The summed E-state index contributed by atoms with van der Waals surface area (Å²) in [5.41, 5.74) is 0. The number of rotatable bonds is 6. The van der Waals surface area contributed by atoms with Crippen molar-refractivity contribution in [3.63, 3.8) is 0 Å². The van der Waals surface area contributed by atoms with Crippen molar-refractivity contribution < 1.29 is 20.4 Å². The quantitative estimate of drug-likeness (QED) is 0.519. The molecule has 4 N–H and O–H groups in total. The van der Waals surface area contributed by atoms with Crippen molar-refractivity contribution in [2.75, 3.05) is 26.4 Å². The highest BCUT2D eigenvalue weighted by molar-refractivity contribution is 4.57. The highest BCUT2D eigenvalue weighted by atomic mass is 16.3. The molecule has 15 heavy (non-hydrogen) atoms. The van der Waals surface area contributed by atoms with Crippen LogP contribution in [0.25, 0.3) is 0 Å². The van der Waals surface area contributed by atoms with Gasteiger partial charge < -0.3 is 20.4 Å². The Labute approximate surface area is 92.6 Å². The topological polar surface area (TPSA) is 80.9 Å². The molecule has 0 amide bonds. The summed E-state index contributed by atoms with van der Waals surface area (Å²) in [6.45, 7) is 6.43. The predicted molar refractivity (Wildman–Crippen MR) is 60.5 cm³/mol. The third kappa shape index (κ3) is 11.8. The molecule has 3 unspecified atom stereocenters. The van der Waals surface area contributed by atoms with Crippen LogP contribution in [0.1, 0.15) is 27.2 Å². The van der Waals surface area contributed by atoms with Gasteiger partial charge in [-0.3, -0.25) is 0 Å². The first-order valence-corrected chi connectivity index (χ1v) is 5.46. The molecule has 0 aliphatic carbocycles. The number of aliphatic hydroxyl groups is 4. The van der Waals surface area contributed by atoms with E-state index in [2.05, 4.69) is 0 Å². The molecule has 4 nitrogen and oxygen atoms in total. The second kappa shape index (κ2) is 11.9. The molecule has 0 aromatic carbocycles. The van der Waals surface area contributed by atoms with Crippen molar-refractivity contribution >= 4 is 0 Å². The van der Waals surface area contributed by atoms with E-state index in [-0.39, 0.29) is 44.2 Å². The van der Waals surface area contributed by atoms with Gasteiger partial charge in [-0.2, -0.15) is 0 Å². The summed E-state index contributed by atoms with van der Waals surface area (Å²) >= 11 is 0. The summed E-state index contributed by atoms with van der Waals surface area (Å²) in [7, 11) is 0. The number of hydrogen-bond donors (Lipinski definition) is 4. The molecule has 0 aromatic heterocycles. The van der Waals surface area contributed by atoms with Crippen molar-refractivity contribution in [3.05, 3.63) is 0 Å². The second-order valence-electron chi connectivity index (χ2n) is 4.12. The Balaban J connectivity index is 0. The van der Waals surface area contributed by atoms with Crippen LogP contribution in [0, 0.1) is 17.8 Å². The smallest absolute Gasteiger partial charge is 0.0460 e. The van der Waals surface area contributed by atoms with Crippen molar-refractivity contribution in [2.24, 2.45) is 17.8 Å². The van der Waals surface area contributed by atoms with Gasteiger partial charge in [-0.25, -0.2) is 0 Å². The lowest BCUT2D eigenvalue weighted by Crippen LogP contribution is -2.15. The van der Waals surface area contributed by atoms with Crippen LogP contribution in [0.4, 0.5) is 0 Å². The summed E-state index contributed by atoms with van der Waals surface area (Å²) in [6.07, 6.45) is 0.705. The maximum atomic E-state index is 8.53. The van der Waals surface area contributed by atoms with Gasteiger partial charge in [0.25, 0.3) is 0 Å². The lowest BCUT2D eigenvalue weighted by molar-refractivity contribution is 0.141. The van der Waals surface area contributed by atoms with Gasteiger partial charge in [0, 0.05) is 26.4 Å². The largest absolute Gasteiger partial charge is 0.396 e. The van der Waals surface area contributed by atoms with Crippen LogP contribution in [0.2, 0.25) is 0 Å². The average Bonchev–Trinajstić information content (AvgIpc) is 2.27. The van der Waals surface area contributed by atoms with E-state index in [1.165, 1.54) is 0 Å². The van der Waals surface area contributed by atoms with E-state index in [0.29, 0.717) is 6.42 Å². The SMILES string of the molecule is CC(CO)C(C)CO.CC(CO)CCO. The van der Waals surface area contributed by atoms with E-state index < -0.39 is 0 Å². The van der Waals surface area contributed by atoms with Crippen molar-refractivity contribution in [1.82, 2.24) is 0 Å². The predicted octanol–water partition coefficient (Wildman–Crippen LogP) is 0.240. The van der Waals surface area contributed by atoms with Crippen molar-refractivity contribution in [2.45, 2.75) is 27.2 Å². The molecule has 0 aliphatic heterocycles. The van der Waals surface area contributed by atoms with Gasteiger partial charge in [0.15, 0.2) is 0 Å². The van der Waals surface area contributed by atoms with Crippen molar-refractivity contribution in [1.29, 1.82) is 0 Å². The van der Waals surface area contributed by atoms with Gasteiger partial charge in [0.2, 0.25) is 0 Å². The molecular weight excluding hydrogens is 196 g/mol. The second-order valence-corrected chi connectivity index (χ2v) is 4.12. The molecule has 0 fully saturated rings. The summed E-state index contributed by atoms with van der Waals surface area (Å²) in [5, 5.41) is 33.7. The molecule has 0 rings (SSSR count). The van der Waals surface area contributed by atoms with Gasteiger partial charge in [0.05, 0.1) is 0 Å². The molecule has 0 aliphatic rings. The first-order valence-electron chi connectivity index (χ1n) is 5.46. The van der Waals surface area contributed by atoms with E-state index >= 15 is 0 Å². The Hall–Kier alpha value is -0.160. The van der Waals surface area contributed by atoms with Crippen LogP contribution >= 0.6 is 0 Å². The van der Waals surface area contributed by atoms with Crippen LogP contribution in [-0.2, 0) is 0 Å². The van der Waals surface area contributed by atoms with Crippen LogP contribution < -0.4 is 0 Å². The van der Waals surface area contributed by atoms with Crippen LogP contribution in [0.5, 0.6) is 0 Å². The highest BCUT2D eigenvalue weighted by Crippen LogP contribution is 2.07. The lowest BCUT2D eigenvalue weighted by atomic mass is 9.98. The fourth-order valence-corrected chi connectivity index (χ4v) is 0.672. The Morgan fingerprint density at radius 3 is 1.27 bits per heavy atom. The summed E-state index contributed by atoms with van der Waals surface area (Å²) in [4.78, 5) is 0. The Bertz CT molecular complexity index is 111. The molecule has 0 spiro atoms. The molecule has 0 aromatic rings. The van der Waals surface area contributed by atoms with E-state index in [0.717, 1.165) is 0 Å². The van der Waals surface area contributed by atoms with Gasteiger partial charge in [-0.1, -0.05) is 20.8 Å². The van der Waals surface area contributed by atoms with Crippen molar-refractivity contribution in [3.8, 4) is 0 Å². The molecule has 0 saturated carbocycles. The first-order chi connectivity index (χ1) is 7.03. The lowest BCUT2D eigenvalue weighted by Gasteiger charge is -2.13. The van der Waals surface area contributed by atoms with Gasteiger partial charge in [-0.15, -0.1) is 0 Å². The molecule has 94 valence electrons.